The van der Waals surface area contributed by atoms with Gasteiger partial charge in [-0.15, -0.1) is 0 Å². The Balaban J connectivity index is 1.88. The molecule has 2 aromatic heterocycles. The van der Waals surface area contributed by atoms with Gasteiger partial charge < -0.3 is 14.4 Å². The van der Waals surface area contributed by atoms with Crippen molar-refractivity contribution in [3.05, 3.63) is 69.2 Å². The van der Waals surface area contributed by atoms with E-state index in [4.69, 9.17) is 4.52 Å². The van der Waals surface area contributed by atoms with Crippen LogP contribution in [0.25, 0.3) is 11.3 Å². The SMILES string of the molecule is Cn1cc(NC(=O)c2cc(-c3ccccc3)no2)c(=O)n(C)c1=O. The third kappa shape index (κ3) is 2.76. The third-order valence-electron chi connectivity index (χ3n) is 3.50. The minimum Gasteiger partial charge on any atom is -0.350 e. The third-order valence-corrected chi connectivity index (χ3v) is 3.50. The minimum atomic E-state index is -0.625. The van der Waals surface area contributed by atoms with Crippen molar-refractivity contribution in [3.8, 4) is 11.3 Å². The first-order valence-electron chi connectivity index (χ1n) is 7.07. The Kier molecular flexibility index (Phi) is 3.87. The zero-order valence-electron chi connectivity index (χ0n) is 13.0. The fraction of sp³-hybridized carbons (Fsp3) is 0.125. The number of carbonyl (C=O) groups is 1. The molecule has 0 saturated carbocycles. The van der Waals surface area contributed by atoms with Gasteiger partial charge in [0.15, 0.2) is 0 Å². The molecule has 0 fully saturated rings. The van der Waals surface area contributed by atoms with Gasteiger partial charge in [0.25, 0.3) is 11.5 Å². The fourth-order valence-corrected chi connectivity index (χ4v) is 2.21. The second-order valence-electron chi connectivity index (χ2n) is 5.20. The average molecular weight is 326 g/mol. The molecule has 0 aliphatic carbocycles. The molecule has 0 radical (unpaired) electrons. The lowest BCUT2D eigenvalue weighted by Crippen LogP contribution is -2.38. The van der Waals surface area contributed by atoms with Crippen molar-refractivity contribution >= 4 is 11.6 Å². The lowest BCUT2D eigenvalue weighted by atomic mass is 10.1. The maximum absolute atomic E-state index is 12.2. The maximum Gasteiger partial charge on any atom is 0.330 e. The number of nitrogens with one attached hydrogen (secondary N) is 1. The van der Waals surface area contributed by atoms with E-state index in [1.165, 1.54) is 30.9 Å². The topological polar surface area (TPSA) is 99.1 Å². The molecule has 1 N–H and O–H groups in total. The van der Waals surface area contributed by atoms with Gasteiger partial charge in [0.1, 0.15) is 11.4 Å². The van der Waals surface area contributed by atoms with Crippen LogP contribution in [0.2, 0.25) is 0 Å². The lowest BCUT2D eigenvalue weighted by Gasteiger charge is -2.06. The first-order chi connectivity index (χ1) is 11.5. The van der Waals surface area contributed by atoms with Gasteiger partial charge in [-0.1, -0.05) is 35.5 Å². The van der Waals surface area contributed by atoms with E-state index in [1.54, 1.807) is 0 Å². The molecule has 0 bridgehead atoms. The standard InChI is InChI=1S/C16H14N4O4/c1-19-9-12(15(22)20(2)16(19)23)17-14(21)13-8-11(18-24-13)10-6-4-3-5-7-10/h3-9H,1-2H3,(H,17,21). The molecule has 122 valence electrons. The van der Waals surface area contributed by atoms with Crippen LogP contribution in [-0.2, 0) is 14.1 Å². The highest BCUT2D eigenvalue weighted by molar-refractivity contribution is 6.02. The summed E-state index contributed by atoms with van der Waals surface area (Å²) in [5, 5.41) is 6.28. The quantitative estimate of drug-likeness (QED) is 0.774. The van der Waals surface area contributed by atoms with Crippen LogP contribution in [-0.4, -0.2) is 20.2 Å². The number of benzene rings is 1. The summed E-state index contributed by atoms with van der Waals surface area (Å²) >= 11 is 0. The summed E-state index contributed by atoms with van der Waals surface area (Å²) in [7, 11) is 2.82. The first kappa shape index (κ1) is 15.5. The van der Waals surface area contributed by atoms with Crippen molar-refractivity contribution in [2.45, 2.75) is 0 Å². The molecule has 0 spiro atoms. The van der Waals surface area contributed by atoms with Crippen molar-refractivity contribution in [3.63, 3.8) is 0 Å². The van der Waals surface area contributed by atoms with Gasteiger partial charge in [-0.05, 0) is 0 Å². The Morgan fingerprint density at radius 3 is 2.58 bits per heavy atom. The van der Waals surface area contributed by atoms with E-state index < -0.39 is 17.2 Å². The van der Waals surface area contributed by atoms with E-state index in [0.717, 1.165) is 10.1 Å². The summed E-state index contributed by atoms with van der Waals surface area (Å²) in [5.74, 6) is -0.662. The molecule has 0 aliphatic rings. The van der Waals surface area contributed by atoms with Gasteiger partial charge in [0.2, 0.25) is 5.76 Å². The molecule has 3 aromatic rings. The summed E-state index contributed by atoms with van der Waals surface area (Å²) in [6, 6.07) is 10.7. The Morgan fingerprint density at radius 1 is 1.17 bits per heavy atom. The Labute approximate surface area is 135 Å². The molecule has 1 amide bonds. The van der Waals surface area contributed by atoms with E-state index in [9.17, 15) is 14.4 Å². The molecule has 2 heterocycles. The molecule has 3 rings (SSSR count). The summed E-state index contributed by atoms with van der Waals surface area (Å²) in [5.41, 5.74) is 0.202. The molecule has 0 atom stereocenters. The normalized spacial score (nSPS) is 10.6. The molecule has 0 unspecified atom stereocenters. The van der Waals surface area contributed by atoms with Gasteiger partial charge in [-0.3, -0.25) is 14.2 Å². The minimum absolute atomic E-state index is 0.0257. The number of aryl methyl sites for hydroxylation is 1. The summed E-state index contributed by atoms with van der Waals surface area (Å²) in [6.45, 7) is 0. The van der Waals surface area contributed by atoms with E-state index >= 15 is 0 Å². The van der Waals surface area contributed by atoms with Crippen molar-refractivity contribution in [2.75, 3.05) is 5.32 Å². The first-order valence-corrected chi connectivity index (χ1v) is 7.07. The second-order valence-corrected chi connectivity index (χ2v) is 5.20. The van der Waals surface area contributed by atoms with Gasteiger partial charge in [0, 0.05) is 31.9 Å². The highest BCUT2D eigenvalue weighted by Crippen LogP contribution is 2.18. The van der Waals surface area contributed by atoms with Crippen LogP contribution in [0.15, 0.2) is 56.7 Å². The molecular formula is C16H14N4O4. The van der Waals surface area contributed by atoms with Crippen molar-refractivity contribution in [1.82, 2.24) is 14.3 Å². The summed E-state index contributed by atoms with van der Waals surface area (Å²) in [6.07, 6.45) is 1.26. The monoisotopic (exact) mass is 326 g/mol. The fourth-order valence-electron chi connectivity index (χ4n) is 2.21. The molecular weight excluding hydrogens is 312 g/mol. The Morgan fingerprint density at radius 2 is 1.88 bits per heavy atom. The molecule has 1 aromatic carbocycles. The van der Waals surface area contributed by atoms with Crippen LogP contribution in [0, 0.1) is 0 Å². The summed E-state index contributed by atoms with van der Waals surface area (Å²) in [4.78, 5) is 35.9. The predicted molar refractivity (Wildman–Crippen MR) is 86.8 cm³/mol. The number of amides is 1. The number of hydrogen-bond donors (Lipinski definition) is 1. The van der Waals surface area contributed by atoms with Gasteiger partial charge in [-0.25, -0.2) is 4.79 Å². The van der Waals surface area contributed by atoms with Crippen LogP contribution in [0.1, 0.15) is 10.6 Å². The maximum atomic E-state index is 12.2. The van der Waals surface area contributed by atoms with Crippen molar-refractivity contribution in [1.29, 1.82) is 0 Å². The molecule has 8 nitrogen and oxygen atoms in total. The van der Waals surface area contributed by atoms with Gasteiger partial charge in [-0.2, -0.15) is 0 Å². The average Bonchev–Trinajstić information content (AvgIpc) is 3.09. The van der Waals surface area contributed by atoms with E-state index in [1.807, 2.05) is 30.3 Å². The molecule has 24 heavy (non-hydrogen) atoms. The van der Waals surface area contributed by atoms with Crippen LogP contribution in [0.4, 0.5) is 5.69 Å². The highest BCUT2D eigenvalue weighted by atomic mass is 16.5. The number of carbonyl (C=O) groups excluding carboxylic acids is 1. The number of anilines is 1. The Hall–Kier alpha value is -3.42. The van der Waals surface area contributed by atoms with E-state index in [-0.39, 0.29) is 11.4 Å². The lowest BCUT2D eigenvalue weighted by molar-refractivity contribution is 0.0987. The molecule has 0 aliphatic heterocycles. The van der Waals surface area contributed by atoms with Crippen LogP contribution < -0.4 is 16.6 Å². The van der Waals surface area contributed by atoms with Gasteiger partial charge >= 0.3 is 5.69 Å². The highest BCUT2D eigenvalue weighted by Gasteiger charge is 2.16. The Bertz CT molecular complexity index is 1010. The zero-order chi connectivity index (χ0) is 17.3. The second kappa shape index (κ2) is 5.99. The zero-order valence-corrected chi connectivity index (χ0v) is 13.0. The number of aromatic nitrogens is 3. The van der Waals surface area contributed by atoms with Gasteiger partial charge in [0.05, 0.1) is 0 Å². The van der Waals surface area contributed by atoms with Crippen molar-refractivity contribution in [2.24, 2.45) is 14.1 Å². The van der Waals surface area contributed by atoms with E-state index in [2.05, 4.69) is 10.5 Å². The van der Waals surface area contributed by atoms with Crippen LogP contribution >= 0.6 is 0 Å². The van der Waals surface area contributed by atoms with Crippen molar-refractivity contribution < 1.29 is 9.32 Å². The molecule has 8 heteroatoms. The largest absolute Gasteiger partial charge is 0.350 e. The van der Waals surface area contributed by atoms with Crippen LogP contribution in [0.3, 0.4) is 0 Å². The predicted octanol–water partition coefficient (Wildman–Crippen LogP) is 0.991. The smallest absolute Gasteiger partial charge is 0.330 e. The van der Waals surface area contributed by atoms with Crippen LogP contribution in [0.5, 0.6) is 0 Å². The number of rotatable bonds is 3. The summed E-state index contributed by atoms with van der Waals surface area (Å²) < 4.78 is 7.15. The number of nitrogens with zero attached hydrogens (tertiary/aromatic N) is 3. The molecule has 0 saturated heterocycles. The van der Waals surface area contributed by atoms with E-state index in [0.29, 0.717) is 5.69 Å². The number of hydrogen-bond acceptors (Lipinski definition) is 5.